The van der Waals surface area contributed by atoms with E-state index in [-0.39, 0.29) is 5.25 Å². The van der Waals surface area contributed by atoms with Crippen LogP contribution in [0.4, 0.5) is 0 Å². The normalized spacial score (nSPS) is 12.2. The van der Waals surface area contributed by atoms with E-state index in [0.29, 0.717) is 0 Å². The fourth-order valence-electron chi connectivity index (χ4n) is 3.06. The number of nitrogens with zero attached hydrogens (tertiary/aromatic N) is 4. The highest BCUT2D eigenvalue weighted by molar-refractivity contribution is 7.99. The maximum atomic E-state index is 4.53. The number of thiophene rings is 1. The number of aromatic nitrogens is 4. The van der Waals surface area contributed by atoms with E-state index in [1.807, 2.05) is 18.5 Å². The molecule has 3 aromatic heterocycles. The molecule has 0 spiro atoms. The number of rotatable bonds is 8. The lowest BCUT2D eigenvalue weighted by Crippen LogP contribution is -2.08. The Balaban J connectivity index is 1.56. The molecule has 142 valence electrons. The number of aryl methyl sites for hydroxylation is 1. The van der Waals surface area contributed by atoms with Gasteiger partial charge in [0.05, 0.1) is 0 Å². The van der Waals surface area contributed by atoms with Gasteiger partial charge in [-0.25, -0.2) is 0 Å². The summed E-state index contributed by atoms with van der Waals surface area (Å²) in [5.74, 6) is 1.03. The molecule has 4 aromatic rings. The Morgan fingerprint density at radius 2 is 1.93 bits per heavy atom. The van der Waals surface area contributed by atoms with Crippen molar-refractivity contribution in [3.8, 4) is 0 Å². The lowest BCUT2D eigenvalue weighted by molar-refractivity contribution is 0.609. The third-order valence-electron chi connectivity index (χ3n) is 4.61. The first kappa shape index (κ1) is 18.9. The van der Waals surface area contributed by atoms with E-state index >= 15 is 0 Å². The molecule has 0 aliphatic rings. The zero-order chi connectivity index (χ0) is 19.2. The summed E-state index contributed by atoms with van der Waals surface area (Å²) in [4.78, 5) is 5.56. The highest BCUT2D eigenvalue weighted by Crippen LogP contribution is 2.34. The molecule has 0 saturated carbocycles. The lowest BCUT2D eigenvalue weighted by atomic mass is 10.1. The van der Waals surface area contributed by atoms with E-state index in [1.54, 1.807) is 23.1 Å². The Labute approximate surface area is 173 Å². The van der Waals surface area contributed by atoms with Gasteiger partial charge in [0.2, 0.25) is 0 Å². The first-order valence-corrected chi connectivity index (χ1v) is 11.1. The minimum absolute atomic E-state index is 0.267. The van der Waals surface area contributed by atoms with Gasteiger partial charge < -0.3 is 4.57 Å². The predicted molar refractivity (Wildman–Crippen MR) is 116 cm³/mol. The largest absolute Gasteiger partial charge is 0.305 e. The maximum Gasteiger partial charge on any atom is 0.191 e. The maximum absolute atomic E-state index is 4.53. The summed E-state index contributed by atoms with van der Waals surface area (Å²) in [7, 11) is 0. The van der Waals surface area contributed by atoms with Crippen LogP contribution in [-0.2, 0) is 19.4 Å². The summed E-state index contributed by atoms with van der Waals surface area (Å²) in [5, 5.41) is 12.4. The lowest BCUT2D eigenvalue weighted by Gasteiger charge is -2.13. The molecule has 1 unspecified atom stereocenters. The minimum atomic E-state index is 0.267. The summed E-state index contributed by atoms with van der Waals surface area (Å²) < 4.78 is 2.28. The van der Waals surface area contributed by atoms with Crippen LogP contribution in [0.2, 0.25) is 0 Å². The average molecular weight is 407 g/mol. The van der Waals surface area contributed by atoms with E-state index in [1.165, 1.54) is 16.0 Å². The molecular weight excluding hydrogens is 384 g/mol. The molecule has 0 aliphatic carbocycles. The molecule has 0 aliphatic heterocycles. The van der Waals surface area contributed by atoms with Crippen molar-refractivity contribution in [3.63, 3.8) is 0 Å². The van der Waals surface area contributed by atoms with Crippen molar-refractivity contribution in [2.75, 3.05) is 0 Å². The standard InChI is InChI=1S/C22H22N4S2/c1-17(19-9-5-12-23-16-19)28-22-25-24-21(15-20-10-6-14-27-20)26(22)13-11-18-7-3-2-4-8-18/h2-10,12,14,16-17H,11,13,15H2,1H3. The SMILES string of the molecule is CC(Sc1nnc(Cc2cccs2)n1CCc1ccccc1)c1cccnc1. The van der Waals surface area contributed by atoms with Crippen LogP contribution in [0.1, 0.15) is 34.0 Å². The summed E-state index contributed by atoms with van der Waals surface area (Å²) in [6.07, 6.45) is 5.52. The Kier molecular flexibility index (Phi) is 6.19. The highest BCUT2D eigenvalue weighted by atomic mass is 32.2. The van der Waals surface area contributed by atoms with Gasteiger partial charge in [0, 0.05) is 35.5 Å². The quantitative estimate of drug-likeness (QED) is 0.366. The van der Waals surface area contributed by atoms with Gasteiger partial charge in [0.25, 0.3) is 0 Å². The van der Waals surface area contributed by atoms with Crippen molar-refractivity contribution in [1.82, 2.24) is 19.7 Å². The average Bonchev–Trinajstić information content (AvgIpc) is 3.38. The third kappa shape index (κ3) is 4.69. The molecule has 0 bridgehead atoms. The monoisotopic (exact) mass is 406 g/mol. The molecule has 4 rings (SSSR count). The van der Waals surface area contributed by atoms with Crippen molar-refractivity contribution in [1.29, 1.82) is 0 Å². The predicted octanol–water partition coefficient (Wildman–Crippen LogP) is 5.42. The van der Waals surface area contributed by atoms with Crippen LogP contribution in [0, 0.1) is 0 Å². The fourth-order valence-corrected chi connectivity index (χ4v) is 4.76. The van der Waals surface area contributed by atoms with Crippen LogP contribution < -0.4 is 0 Å². The molecule has 6 heteroatoms. The van der Waals surface area contributed by atoms with E-state index < -0.39 is 0 Å². The number of benzene rings is 1. The number of thioether (sulfide) groups is 1. The Hall–Kier alpha value is -2.44. The van der Waals surface area contributed by atoms with Gasteiger partial charge in [-0.15, -0.1) is 21.5 Å². The second kappa shape index (κ2) is 9.17. The molecule has 28 heavy (non-hydrogen) atoms. The zero-order valence-electron chi connectivity index (χ0n) is 15.7. The van der Waals surface area contributed by atoms with Crippen LogP contribution >= 0.6 is 23.1 Å². The van der Waals surface area contributed by atoms with Crippen LogP contribution in [0.25, 0.3) is 0 Å². The van der Waals surface area contributed by atoms with Crippen LogP contribution in [0.3, 0.4) is 0 Å². The molecule has 0 radical (unpaired) electrons. The van der Waals surface area contributed by atoms with Crippen molar-refractivity contribution >= 4 is 23.1 Å². The molecular formula is C22H22N4S2. The van der Waals surface area contributed by atoms with E-state index in [0.717, 1.165) is 30.4 Å². The smallest absolute Gasteiger partial charge is 0.191 e. The highest BCUT2D eigenvalue weighted by Gasteiger charge is 2.17. The first-order chi connectivity index (χ1) is 13.8. The van der Waals surface area contributed by atoms with Gasteiger partial charge in [0.1, 0.15) is 5.82 Å². The molecule has 0 amide bonds. The van der Waals surface area contributed by atoms with Gasteiger partial charge >= 0.3 is 0 Å². The van der Waals surface area contributed by atoms with Gasteiger partial charge in [0.15, 0.2) is 5.16 Å². The molecule has 0 saturated heterocycles. The number of hydrogen-bond acceptors (Lipinski definition) is 5. The number of hydrogen-bond donors (Lipinski definition) is 0. The zero-order valence-corrected chi connectivity index (χ0v) is 17.4. The van der Waals surface area contributed by atoms with Crippen molar-refractivity contribution in [2.24, 2.45) is 0 Å². The Morgan fingerprint density at radius 1 is 1.04 bits per heavy atom. The van der Waals surface area contributed by atoms with Crippen LogP contribution in [0.5, 0.6) is 0 Å². The van der Waals surface area contributed by atoms with Gasteiger partial charge in [-0.2, -0.15) is 0 Å². The molecule has 0 fully saturated rings. The summed E-state index contributed by atoms with van der Waals surface area (Å²) in [5.41, 5.74) is 2.53. The topological polar surface area (TPSA) is 43.6 Å². The van der Waals surface area contributed by atoms with Gasteiger partial charge in [-0.1, -0.05) is 54.2 Å². The van der Waals surface area contributed by atoms with E-state index in [2.05, 4.69) is 80.6 Å². The minimum Gasteiger partial charge on any atom is -0.305 e. The second-order valence-electron chi connectivity index (χ2n) is 6.59. The Morgan fingerprint density at radius 3 is 2.68 bits per heavy atom. The van der Waals surface area contributed by atoms with E-state index in [4.69, 9.17) is 0 Å². The fraction of sp³-hybridized carbons (Fsp3) is 0.227. The van der Waals surface area contributed by atoms with Gasteiger partial charge in [-0.05, 0) is 42.0 Å². The summed E-state index contributed by atoms with van der Waals surface area (Å²) in [6, 6.07) is 18.9. The second-order valence-corrected chi connectivity index (χ2v) is 8.93. The summed E-state index contributed by atoms with van der Waals surface area (Å²) >= 11 is 3.51. The van der Waals surface area contributed by atoms with E-state index in [9.17, 15) is 0 Å². The molecule has 4 nitrogen and oxygen atoms in total. The van der Waals surface area contributed by atoms with Crippen molar-refractivity contribution < 1.29 is 0 Å². The molecule has 3 heterocycles. The van der Waals surface area contributed by atoms with Crippen LogP contribution in [0.15, 0.2) is 77.5 Å². The number of pyridine rings is 1. The summed E-state index contributed by atoms with van der Waals surface area (Å²) in [6.45, 7) is 3.07. The first-order valence-electron chi connectivity index (χ1n) is 9.34. The van der Waals surface area contributed by atoms with Crippen molar-refractivity contribution in [3.05, 3.63) is 94.2 Å². The van der Waals surface area contributed by atoms with Crippen molar-refractivity contribution in [2.45, 2.75) is 36.7 Å². The molecule has 0 N–H and O–H groups in total. The molecule has 1 aromatic carbocycles. The molecule has 1 atom stereocenters. The van der Waals surface area contributed by atoms with Gasteiger partial charge in [-0.3, -0.25) is 4.98 Å². The van der Waals surface area contributed by atoms with Crippen LogP contribution in [-0.4, -0.2) is 19.7 Å². The third-order valence-corrected chi connectivity index (χ3v) is 6.62. The Bertz CT molecular complexity index is 982.